The van der Waals surface area contributed by atoms with Gasteiger partial charge in [0.1, 0.15) is 6.07 Å². The summed E-state index contributed by atoms with van der Waals surface area (Å²) in [6.45, 7) is 2.35. The van der Waals surface area contributed by atoms with Crippen molar-refractivity contribution in [3.63, 3.8) is 0 Å². The number of hydrogen-bond acceptors (Lipinski definition) is 6. The maximum atomic E-state index is 11.0. The molecule has 0 fully saturated rings. The Balaban J connectivity index is 2.24. The first kappa shape index (κ1) is 14.4. The predicted octanol–water partition coefficient (Wildman–Crippen LogP) is 2.43. The average Bonchev–Trinajstić information content (AvgIpc) is 2.52. The quantitative estimate of drug-likeness (QED) is 0.667. The van der Waals surface area contributed by atoms with Crippen molar-refractivity contribution in [3.05, 3.63) is 57.5 Å². The molecule has 0 unspecified atom stereocenters. The maximum Gasteiger partial charge on any atom is 0.312 e. The molecule has 2 aromatic heterocycles. The zero-order valence-electron chi connectivity index (χ0n) is 11.4. The van der Waals surface area contributed by atoms with E-state index in [-0.39, 0.29) is 17.1 Å². The molecule has 0 bridgehead atoms. The van der Waals surface area contributed by atoms with Crippen LogP contribution in [0.2, 0.25) is 0 Å². The van der Waals surface area contributed by atoms with Gasteiger partial charge in [0.05, 0.1) is 22.7 Å². The summed E-state index contributed by atoms with van der Waals surface area (Å²) < 4.78 is 0. The van der Waals surface area contributed by atoms with Crippen molar-refractivity contribution in [2.45, 2.75) is 19.9 Å². The molecule has 0 aliphatic heterocycles. The van der Waals surface area contributed by atoms with Gasteiger partial charge in [-0.3, -0.25) is 15.1 Å². The number of aromatic nitrogens is 2. The Bertz CT molecular complexity index is 709. The Kier molecular flexibility index (Phi) is 4.41. The molecule has 7 heteroatoms. The Morgan fingerprint density at radius 3 is 2.95 bits per heavy atom. The van der Waals surface area contributed by atoms with Gasteiger partial charge in [-0.15, -0.1) is 0 Å². The topological polar surface area (TPSA) is 105 Å². The molecule has 0 aromatic carbocycles. The highest BCUT2D eigenvalue weighted by Crippen LogP contribution is 2.23. The number of pyridine rings is 2. The first-order valence-corrected chi connectivity index (χ1v) is 6.37. The Labute approximate surface area is 121 Å². The molecule has 0 atom stereocenters. The van der Waals surface area contributed by atoms with Gasteiger partial charge in [0.25, 0.3) is 0 Å². The fourth-order valence-electron chi connectivity index (χ4n) is 1.91. The van der Waals surface area contributed by atoms with E-state index in [1.54, 1.807) is 6.20 Å². The molecule has 2 aromatic rings. The highest BCUT2D eigenvalue weighted by atomic mass is 16.6. The monoisotopic (exact) mass is 283 g/mol. The van der Waals surface area contributed by atoms with E-state index in [9.17, 15) is 10.1 Å². The third-order valence-electron chi connectivity index (χ3n) is 2.98. The molecule has 2 rings (SSSR count). The molecule has 21 heavy (non-hydrogen) atoms. The van der Waals surface area contributed by atoms with E-state index in [0.717, 1.165) is 17.7 Å². The highest BCUT2D eigenvalue weighted by molar-refractivity contribution is 5.58. The summed E-state index contributed by atoms with van der Waals surface area (Å²) >= 11 is 0. The van der Waals surface area contributed by atoms with E-state index in [0.29, 0.717) is 6.54 Å². The molecule has 0 spiro atoms. The van der Waals surface area contributed by atoms with Crippen LogP contribution in [-0.4, -0.2) is 14.9 Å². The molecule has 0 aliphatic carbocycles. The lowest BCUT2D eigenvalue weighted by atomic mass is 10.1. The van der Waals surface area contributed by atoms with Crippen molar-refractivity contribution < 1.29 is 4.92 Å². The van der Waals surface area contributed by atoms with Crippen molar-refractivity contribution in [3.8, 4) is 6.07 Å². The molecule has 0 amide bonds. The van der Waals surface area contributed by atoms with Crippen LogP contribution in [0.5, 0.6) is 0 Å². The second kappa shape index (κ2) is 6.43. The van der Waals surface area contributed by atoms with Crippen LogP contribution in [0.1, 0.15) is 23.7 Å². The van der Waals surface area contributed by atoms with E-state index < -0.39 is 4.92 Å². The van der Waals surface area contributed by atoms with Crippen LogP contribution in [0, 0.1) is 21.4 Å². The molecule has 0 saturated heterocycles. The van der Waals surface area contributed by atoms with Crippen LogP contribution in [-0.2, 0) is 13.0 Å². The summed E-state index contributed by atoms with van der Waals surface area (Å²) in [5.74, 6) is 0.131. The third-order valence-corrected chi connectivity index (χ3v) is 2.98. The van der Waals surface area contributed by atoms with Crippen molar-refractivity contribution >= 4 is 11.5 Å². The molecule has 1 N–H and O–H groups in total. The van der Waals surface area contributed by atoms with Gasteiger partial charge in [-0.25, -0.2) is 4.98 Å². The van der Waals surface area contributed by atoms with Crippen LogP contribution < -0.4 is 5.32 Å². The first-order valence-electron chi connectivity index (χ1n) is 6.37. The van der Waals surface area contributed by atoms with Crippen LogP contribution in [0.3, 0.4) is 0 Å². The number of anilines is 1. The van der Waals surface area contributed by atoms with Crippen LogP contribution in [0.4, 0.5) is 11.5 Å². The van der Waals surface area contributed by atoms with Gasteiger partial charge in [-0.2, -0.15) is 5.26 Å². The summed E-state index contributed by atoms with van der Waals surface area (Å²) in [5, 5.41) is 22.7. The molecular weight excluding hydrogens is 270 g/mol. The average molecular weight is 283 g/mol. The first-order chi connectivity index (χ1) is 10.2. The van der Waals surface area contributed by atoms with Gasteiger partial charge < -0.3 is 5.32 Å². The number of nitriles is 1. The summed E-state index contributed by atoms with van der Waals surface area (Å²) in [5.41, 5.74) is 1.82. The fourth-order valence-corrected chi connectivity index (χ4v) is 1.91. The molecule has 0 radical (unpaired) electrons. The summed E-state index contributed by atoms with van der Waals surface area (Å²) in [7, 11) is 0. The minimum Gasteiger partial charge on any atom is -0.359 e. The highest BCUT2D eigenvalue weighted by Gasteiger charge is 2.16. The van der Waals surface area contributed by atoms with Gasteiger partial charge in [-0.05, 0) is 18.1 Å². The van der Waals surface area contributed by atoms with Crippen LogP contribution in [0.25, 0.3) is 0 Å². The second-order valence-electron chi connectivity index (χ2n) is 4.28. The van der Waals surface area contributed by atoms with Crippen LogP contribution >= 0.6 is 0 Å². The van der Waals surface area contributed by atoms with Crippen molar-refractivity contribution in [1.82, 2.24) is 9.97 Å². The SMILES string of the molecule is CCc1cccnc1CNc1ncc(C#N)cc1[N+](=O)[O-]. The minimum atomic E-state index is -0.560. The minimum absolute atomic E-state index is 0.131. The summed E-state index contributed by atoms with van der Waals surface area (Å²) in [6.07, 6.45) is 3.80. The summed E-state index contributed by atoms with van der Waals surface area (Å²) in [6, 6.07) is 6.85. The van der Waals surface area contributed by atoms with E-state index in [4.69, 9.17) is 5.26 Å². The number of nitrogens with one attached hydrogen (secondary N) is 1. The number of nitrogens with zero attached hydrogens (tertiary/aromatic N) is 4. The van der Waals surface area contributed by atoms with Crippen LogP contribution in [0.15, 0.2) is 30.6 Å². The van der Waals surface area contributed by atoms with Gasteiger partial charge >= 0.3 is 5.69 Å². The fraction of sp³-hybridized carbons (Fsp3) is 0.214. The molecular formula is C14H13N5O2. The zero-order valence-corrected chi connectivity index (χ0v) is 11.4. The lowest BCUT2D eigenvalue weighted by molar-refractivity contribution is -0.384. The van der Waals surface area contributed by atoms with Crippen molar-refractivity contribution in [2.75, 3.05) is 5.32 Å². The van der Waals surface area contributed by atoms with E-state index in [1.165, 1.54) is 12.3 Å². The molecule has 7 nitrogen and oxygen atoms in total. The number of aryl methyl sites for hydroxylation is 1. The van der Waals surface area contributed by atoms with Gasteiger partial charge in [0.2, 0.25) is 5.82 Å². The number of hydrogen-bond donors (Lipinski definition) is 1. The zero-order chi connectivity index (χ0) is 15.2. The van der Waals surface area contributed by atoms with E-state index in [2.05, 4.69) is 15.3 Å². The standard InChI is InChI=1S/C14H13N5O2/c1-2-11-4-3-5-16-12(11)9-18-14-13(19(20)21)6-10(7-15)8-17-14/h3-6,8H,2,9H2,1H3,(H,17,18). The molecule has 2 heterocycles. The van der Waals surface area contributed by atoms with Gasteiger partial charge in [0.15, 0.2) is 0 Å². The Morgan fingerprint density at radius 1 is 1.48 bits per heavy atom. The lowest BCUT2D eigenvalue weighted by Crippen LogP contribution is -2.08. The number of nitro groups is 1. The van der Waals surface area contributed by atoms with E-state index >= 15 is 0 Å². The van der Waals surface area contributed by atoms with Gasteiger partial charge in [-0.1, -0.05) is 13.0 Å². The molecule has 0 aliphatic rings. The molecule has 0 saturated carbocycles. The largest absolute Gasteiger partial charge is 0.359 e. The summed E-state index contributed by atoms with van der Waals surface area (Å²) in [4.78, 5) is 18.7. The Hall–Kier alpha value is -3.01. The second-order valence-corrected chi connectivity index (χ2v) is 4.28. The van der Waals surface area contributed by atoms with Crippen molar-refractivity contribution in [1.29, 1.82) is 5.26 Å². The smallest absolute Gasteiger partial charge is 0.312 e. The van der Waals surface area contributed by atoms with E-state index in [1.807, 2.05) is 25.1 Å². The lowest BCUT2D eigenvalue weighted by Gasteiger charge is -2.09. The Morgan fingerprint density at radius 2 is 2.29 bits per heavy atom. The number of rotatable bonds is 5. The third kappa shape index (κ3) is 3.30. The molecule has 106 valence electrons. The van der Waals surface area contributed by atoms with Crippen molar-refractivity contribution in [2.24, 2.45) is 0 Å². The predicted molar refractivity (Wildman–Crippen MR) is 76.5 cm³/mol. The normalized spacial score (nSPS) is 9.90. The van der Waals surface area contributed by atoms with Gasteiger partial charge in [0, 0.05) is 18.5 Å². The maximum absolute atomic E-state index is 11.0.